The van der Waals surface area contributed by atoms with Crippen LogP contribution in [0.1, 0.15) is 42.3 Å². The second-order valence-corrected chi connectivity index (χ2v) is 7.93. The van der Waals surface area contributed by atoms with Crippen LogP contribution in [0, 0.1) is 19.8 Å². The topological polar surface area (TPSA) is 52.6 Å². The Hall–Kier alpha value is -0.410. The summed E-state index contributed by atoms with van der Waals surface area (Å²) in [6, 6.07) is 0.646. The van der Waals surface area contributed by atoms with Crippen molar-refractivity contribution in [2.45, 2.75) is 53.1 Å². The van der Waals surface area contributed by atoms with Gasteiger partial charge in [-0.2, -0.15) is 0 Å². The maximum absolute atomic E-state index is 4.47. The number of guanidine groups is 1. The van der Waals surface area contributed by atoms with E-state index in [9.17, 15) is 0 Å². The molecular formula is C17H32IN5S. The van der Waals surface area contributed by atoms with Crippen molar-refractivity contribution in [1.29, 1.82) is 0 Å². The molecule has 1 fully saturated rings. The molecule has 2 N–H and O–H groups in total. The van der Waals surface area contributed by atoms with Gasteiger partial charge in [0.15, 0.2) is 5.96 Å². The third-order valence-corrected chi connectivity index (χ3v) is 5.55. The van der Waals surface area contributed by atoms with E-state index in [0.29, 0.717) is 12.0 Å². The fourth-order valence-electron chi connectivity index (χ4n) is 3.10. The van der Waals surface area contributed by atoms with Crippen molar-refractivity contribution >= 4 is 41.3 Å². The molecule has 2 rings (SSSR count). The Morgan fingerprint density at radius 2 is 2.12 bits per heavy atom. The molecule has 1 aromatic heterocycles. The van der Waals surface area contributed by atoms with Crippen molar-refractivity contribution in [2.24, 2.45) is 10.9 Å². The maximum atomic E-state index is 4.47. The Bertz CT molecular complexity index is 529. The largest absolute Gasteiger partial charge is 0.356 e. The summed E-state index contributed by atoms with van der Waals surface area (Å²) in [7, 11) is 1.83. The van der Waals surface area contributed by atoms with Crippen LogP contribution in [0.3, 0.4) is 0 Å². The number of nitrogens with one attached hydrogen (secondary N) is 2. The van der Waals surface area contributed by atoms with Crippen molar-refractivity contribution in [3.05, 3.63) is 15.6 Å². The fourth-order valence-corrected chi connectivity index (χ4v) is 3.97. The number of aliphatic imine (C=N–C) groups is 1. The van der Waals surface area contributed by atoms with Gasteiger partial charge in [0.1, 0.15) is 0 Å². The van der Waals surface area contributed by atoms with Gasteiger partial charge in [0, 0.05) is 31.1 Å². The molecule has 24 heavy (non-hydrogen) atoms. The van der Waals surface area contributed by atoms with E-state index >= 15 is 0 Å². The van der Waals surface area contributed by atoms with Crippen LogP contribution in [0.15, 0.2) is 4.99 Å². The lowest BCUT2D eigenvalue weighted by Crippen LogP contribution is -2.45. The molecule has 0 bridgehead atoms. The van der Waals surface area contributed by atoms with Crippen LogP contribution in [0.5, 0.6) is 0 Å². The normalized spacial score (nSPS) is 19.2. The zero-order valence-electron chi connectivity index (χ0n) is 15.6. The predicted octanol–water partition coefficient (Wildman–Crippen LogP) is 3.16. The lowest BCUT2D eigenvalue weighted by atomic mass is 9.97. The van der Waals surface area contributed by atoms with Crippen molar-refractivity contribution in [3.63, 3.8) is 0 Å². The van der Waals surface area contributed by atoms with Gasteiger partial charge in [0.05, 0.1) is 17.2 Å². The van der Waals surface area contributed by atoms with Crippen LogP contribution in [-0.2, 0) is 6.54 Å². The summed E-state index contributed by atoms with van der Waals surface area (Å²) in [5, 5.41) is 8.02. The lowest BCUT2D eigenvalue weighted by Gasteiger charge is -2.35. The molecule has 5 nitrogen and oxygen atoms in total. The molecule has 0 saturated carbocycles. The molecule has 0 radical (unpaired) electrons. The molecule has 1 unspecified atom stereocenters. The molecule has 0 aliphatic carbocycles. The number of halogens is 1. The monoisotopic (exact) mass is 465 g/mol. The van der Waals surface area contributed by atoms with E-state index in [1.165, 1.54) is 30.8 Å². The minimum Gasteiger partial charge on any atom is -0.356 e. The zero-order valence-corrected chi connectivity index (χ0v) is 18.7. The van der Waals surface area contributed by atoms with Gasteiger partial charge in [-0.3, -0.25) is 4.99 Å². The number of hydrogen-bond acceptors (Lipinski definition) is 4. The van der Waals surface area contributed by atoms with Gasteiger partial charge in [-0.15, -0.1) is 35.3 Å². The van der Waals surface area contributed by atoms with E-state index in [-0.39, 0.29) is 24.0 Å². The molecule has 2 heterocycles. The summed E-state index contributed by atoms with van der Waals surface area (Å²) < 4.78 is 0. The minimum atomic E-state index is 0. The van der Waals surface area contributed by atoms with Crippen LogP contribution < -0.4 is 10.6 Å². The standard InChI is InChI=1S/C17H31N5S.HI/c1-12(2)22-8-6-7-15(11-22)9-19-17(18-5)20-10-16-13(3)21-14(4)23-16;/h12,15H,6-11H2,1-5H3,(H2,18,19,20);1H. The van der Waals surface area contributed by atoms with Gasteiger partial charge in [-0.05, 0) is 53.0 Å². The molecule has 1 saturated heterocycles. The summed E-state index contributed by atoms with van der Waals surface area (Å²) in [5.41, 5.74) is 1.12. The van der Waals surface area contributed by atoms with E-state index in [2.05, 4.69) is 53.2 Å². The van der Waals surface area contributed by atoms with Crippen LogP contribution >= 0.6 is 35.3 Å². The predicted molar refractivity (Wildman–Crippen MR) is 115 cm³/mol. The first-order valence-corrected chi connectivity index (χ1v) is 9.42. The average Bonchev–Trinajstić information content (AvgIpc) is 2.85. The quantitative estimate of drug-likeness (QED) is 0.399. The summed E-state index contributed by atoms with van der Waals surface area (Å²) >= 11 is 1.75. The summed E-state index contributed by atoms with van der Waals surface area (Å²) in [6.45, 7) is 12.9. The lowest BCUT2D eigenvalue weighted by molar-refractivity contribution is 0.141. The Balaban J connectivity index is 0.00000288. The maximum Gasteiger partial charge on any atom is 0.191 e. The van der Waals surface area contributed by atoms with Gasteiger partial charge in [0.2, 0.25) is 0 Å². The molecule has 1 aromatic rings. The second kappa shape index (κ2) is 10.6. The Morgan fingerprint density at radius 3 is 2.71 bits per heavy atom. The number of aromatic nitrogens is 1. The zero-order chi connectivity index (χ0) is 16.8. The number of nitrogens with zero attached hydrogens (tertiary/aromatic N) is 3. The van der Waals surface area contributed by atoms with Crippen LogP contribution in [0.25, 0.3) is 0 Å². The molecule has 7 heteroatoms. The molecule has 1 aliphatic rings. The third kappa shape index (κ3) is 6.48. The van der Waals surface area contributed by atoms with E-state index in [0.717, 1.165) is 29.8 Å². The number of hydrogen-bond donors (Lipinski definition) is 2. The van der Waals surface area contributed by atoms with Crippen LogP contribution in [-0.4, -0.2) is 48.6 Å². The third-order valence-electron chi connectivity index (χ3n) is 4.48. The molecule has 0 amide bonds. The van der Waals surface area contributed by atoms with Crippen molar-refractivity contribution < 1.29 is 0 Å². The highest BCUT2D eigenvalue weighted by Gasteiger charge is 2.21. The minimum absolute atomic E-state index is 0. The van der Waals surface area contributed by atoms with E-state index < -0.39 is 0 Å². The van der Waals surface area contributed by atoms with Crippen molar-refractivity contribution in [1.82, 2.24) is 20.5 Å². The van der Waals surface area contributed by atoms with Crippen LogP contribution in [0.4, 0.5) is 0 Å². The summed E-state index contributed by atoms with van der Waals surface area (Å²) in [4.78, 5) is 12.7. The van der Waals surface area contributed by atoms with Gasteiger partial charge < -0.3 is 15.5 Å². The number of likely N-dealkylation sites (tertiary alicyclic amines) is 1. The highest BCUT2D eigenvalue weighted by atomic mass is 127. The van der Waals surface area contributed by atoms with E-state index in [1.54, 1.807) is 11.3 Å². The first kappa shape index (κ1) is 21.6. The number of piperidine rings is 1. The van der Waals surface area contributed by atoms with Gasteiger partial charge in [-0.25, -0.2) is 4.98 Å². The van der Waals surface area contributed by atoms with E-state index in [1.807, 2.05) is 7.05 Å². The second-order valence-electron chi connectivity index (χ2n) is 6.65. The number of aryl methyl sites for hydroxylation is 2. The Kier molecular flexibility index (Phi) is 9.51. The Labute approximate surface area is 167 Å². The molecule has 1 aliphatic heterocycles. The fraction of sp³-hybridized carbons (Fsp3) is 0.765. The van der Waals surface area contributed by atoms with E-state index in [4.69, 9.17) is 0 Å². The Morgan fingerprint density at radius 1 is 1.38 bits per heavy atom. The van der Waals surface area contributed by atoms with Gasteiger partial charge >= 0.3 is 0 Å². The highest BCUT2D eigenvalue weighted by molar-refractivity contribution is 14.0. The summed E-state index contributed by atoms with van der Waals surface area (Å²) in [5.74, 6) is 1.59. The SMILES string of the molecule is CN=C(NCc1sc(C)nc1C)NCC1CCCN(C(C)C)C1.I. The highest BCUT2D eigenvalue weighted by Crippen LogP contribution is 2.18. The van der Waals surface area contributed by atoms with Crippen molar-refractivity contribution in [2.75, 3.05) is 26.7 Å². The van der Waals surface area contributed by atoms with Crippen molar-refractivity contribution in [3.8, 4) is 0 Å². The first-order chi connectivity index (χ1) is 11.0. The molecule has 1 atom stereocenters. The number of rotatable bonds is 5. The first-order valence-electron chi connectivity index (χ1n) is 8.61. The van der Waals surface area contributed by atoms with Gasteiger partial charge in [0.25, 0.3) is 0 Å². The molecule has 0 aromatic carbocycles. The molecule has 0 spiro atoms. The smallest absolute Gasteiger partial charge is 0.191 e. The van der Waals surface area contributed by atoms with Crippen LogP contribution in [0.2, 0.25) is 0 Å². The van der Waals surface area contributed by atoms with Gasteiger partial charge in [-0.1, -0.05) is 0 Å². The average molecular weight is 465 g/mol. The summed E-state index contributed by atoms with van der Waals surface area (Å²) in [6.07, 6.45) is 2.61. The molecular weight excluding hydrogens is 433 g/mol. The molecule has 138 valence electrons. The number of thiazole rings is 1.